The van der Waals surface area contributed by atoms with Crippen LogP contribution >= 0.6 is 11.3 Å². The van der Waals surface area contributed by atoms with E-state index in [1.165, 1.54) is 5.56 Å². The molecule has 0 spiro atoms. The molecule has 0 aliphatic rings. The maximum absolute atomic E-state index is 12.2. The Hall–Kier alpha value is -1.65. The van der Waals surface area contributed by atoms with Crippen molar-refractivity contribution in [3.05, 3.63) is 52.2 Å². The third kappa shape index (κ3) is 4.69. The van der Waals surface area contributed by atoms with E-state index in [4.69, 9.17) is 0 Å². The van der Waals surface area contributed by atoms with E-state index in [-0.39, 0.29) is 11.8 Å². The van der Waals surface area contributed by atoms with Crippen molar-refractivity contribution in [2.75, 3.05) is 26.0 Å². The summed E-state index contributed by atoms with van der Waals surface area (Å²) in [6, 6.07) is 12.1. The normalized spacial score (nSPS) is 12.4. The van der Waals surface area contributed by atoms with E-state index in [0.29, 0.717) is 0 Å². The molecule has 0 saturated carbocycles. The first-order valence-electron chi connectivity index (χ1n) is 7.14. The lowest BCUT2D eigenvalue weighted by molar-refractivity contribution is -0.117. The largest absolute Gasteiger partial charge is 0.326 e. The van der Waals surface area contributed by atoms with Crippen LogP contribution in [-0.4, -0.2) is 31.4 Å². The van der Waals surface area contributed by atoms with Crippen molar-refractivity contribution in [2.45, 2.75) is 19.3 Å². The van der Waals surface area contributed by atoms with E-state index in [2.05, 4.69) is 36.4 Å². The Bertz CT molecular complexity index is 561. The van der Waals surface area contributed by atoms with Crippen molar-refractivity contribution in [3.8, 4) is 0 Å². The number of nitrogens with zero attached hydrogens (tertiary/aromatic N) is 1. The number of hydrogen-bond acceptors (Lipinski definition) is 3. The van der Waals surface area contributed by atoms with Gasteiger partial charge in [-0.15, -0.1) is 11.3 Å². The van der Waals surface area contributed by atoms with E-state index in [9.17, 15) is 4.79 Å². The van der Waals surface area contributed by atoms with Crippen LogP contribution in [0.4, 0.5) is 5.69 Å². The van der Waals surface area contributed by atoms with Gasteiger partial charge in [-0.25, -0.2) is 0 Å². The van der Waals surface area contributed by atoms with Crippen LogP contribution < -0.4 is 5.32 Å². The van der Waals surface area contributed by atoms with E-state index in [1.54, 1.807) is 11.3 Å². The topological polar surface area (TPSA) is 32.3 Å². The predicted octanol–water partition coefficient (Wildman–Crippen LogP) is 3.59. The highest BCUT2D eigenvalue weighted by molar-refractivity contribution is 7.10. The predicted molar refractivity (Wildman–Crippen MR) is 90.1 cm³/mol. The molecule has 1 atom stereocenters. The van der Waals surface area contributed by atoms with Crippen LogP contribution in [0.2, 0.25) is 0 Å². The summed E-state index contributed by atoms with van der Waals surface area (Å²) in [7, 11) is 4.14. The maximum Gasteiger partial charge on any atom is 0.232 e. The Morgan fingerprint density at radius 2 is 1.95 bits per heavy atom. The van der Waals surface area contributed by atoms with Crippen molar-refractivity contribution in [2.24, 2.45) is 0 Å². The molecule has 1 heterocycles. The molecule has 0 fully saturated rings. The van der Waals surface area contributed by atoms with Crippen LogP contribution in [0.1, 0.15) is 23.3 Å². The van der Waals surface area contributed by atoms with E-state index >= 15 is 0 Å². The first-order chi connectivity index (χ1) is 10.1. The average molecular weight is 302 g/mol. The molecular formula is C17H22N2OS. The molecule has 1 amide bonds. The van der Waals surface area contributed by atoms with Crippen LogP contribution in [0.25, 0.3) is 0 Å². The smallest absolute Gasteiger partial charge is 0.232 e. The first-order valence-corrected chi connectivity index (χ1v) is 8.02. The van der Waals surface area contributed by atoms with Gasteiger partial charge in [0.25, 0.3) is 0 Å². The van der Waals surface area contributed by atoms with Gasteiger partial charge in [0.1, 0.15) is 0 Å². The standard InChI is InChI=1S/C17H22N2OS/c1-13(16-5-4-12-21-16)17(20)18-15-8-6-14(7-9-15)10-11-19(2)3/h4-9,12-13H,10-11H2,1-3H3,(H,18,20). The molecule has 0 aliphatic heterocycles. The summed E-state index contributed by atoms with van der Waals surface area (Å²) in [5.41, 5.74) is 2.14. The van der Waals surface area contributed by atoms with Gasteiger partial charge >= 0.3 is 0 Å². The van der Waals surface area contributed by atoms with E-state index < -0.39 is 0 Å². The lowest BCUT2D eigenvalue weighted by atomic mass is 10.1. The van der Waals surface area contributed by atoms with Crippen LogP contribution in [0.5, 0.6) is 0 Å². The van der Waals surface area contributed by atoms with Gasteiger partial charge in [0.2, 0.25) is 5.91 Å². The van der Waals surface area contributed by atoms with Crippen LogP contribution in [0.15, 0.2) is 41.8 Å². The lowest BCUT2D eigenvalue weighted by Crippen LogP contribution is -2.18. The highest BCUT2D eigenvalue weighted by atomic mass is 32.1. The van der Waals surface area contributed by atoms with Crippen LogP contribution in [0.3, 0.4) is 0 Å². The van der Waals surface area contributed by atoms with Gasteiger partial charge in [0.05, 0.1) is 5.92 Å². The van der Waals surface area contributed by atoms with Gasteiger partial charge in [-0.2, -0.15) is 0 Å². The molecule has 3 nitrogen and oxygen atoms in total. The number of nitrogens with one attached hydrogen (secondary N) is 1. The van der Waals surface area contributed by atoms with Gasteiger partial charge in [0.15, 0.2) is 0 Å². The maximum atomic E-state index is 12.2. The Kier molecular flexibility index (Phi) is 5.53. The summed E-state index contributed by atoms with van der Waals surface area (Å²) in [4.78, 5) is 15.5. The molecular weight excluding hydrogens is 280 g/mol. The minimum absolute atomic E-state index is 0.0403. The molecule has 1 aromatic heterocycles. The lowest BCUT2D eigenvalue weighted by Gasteiger charge is -2.12. The molecule has 0 radical (unpaired) electrons. The first kappa shape index (κ1) is 15.7. The number of amides is 1. The molecule has 4 heteroatoms. The van der Waals surface area contributed by atoms with Crippen molar-refractivity contribution < 1.29 is 4.79 Å². The van der Waals surface area contributed by atoms with Gasteiger partial charge in [0, 0.05) is 17.1 Å². The summed E-state index contributed by atoms with van der Waals surface area (Å²) >= 11 is 1.62. The second kappa shape index (κ2) is 7.38. The van der Waals surface area contributed by atoms with E-state index in [0.717, 1.165) is 23.5 Å². The third-order valence-electron chi connectivity index (χ3n) is 3.43. The van der Waals surface area contributed by atoms with Crippen LogP contribution in [0, 0.1) is 0 Å². The molecule has 2 rings (SSSR count). The molecule has 1 aromatic carbocycles. The molecule has 0 saturated heterocycles. The molecule has 0 bridgehead atoms. The summed E-state index contributed by atoms with van der Waals surface area (Å²) in [6.45, 7) is 2.97. The molecule has 21 heavy (non-hydrogen) atoms. The molecule has 2 aromatic rings. The minimum Gasteiger partial charge on any atom is -0.326 e. The molecule has 112 valence electrons. The Morgan fingerprint density at radius 1 is 1.24 bits per heavy atom. The molecule has 1 N–H and O–H groups in total. The summed E-state index contributed by atoms with van der Waals surface area (Å²) < 4.78 is 0. The number of benzene rings is 1. The van der Waals surface area contributed by atoms with Gasteiger partial charge in [-0.3, -0.25) is 4.79 Å². The number of carbonyl (C=O) groups is 1. The zero-order valence-electron chi connectivity index (χ0n) is 12.8. The van der Waals surface area contributed by atoms with Crippen molar-refractivity contribution in [3.63, 3.8) is 0 Å². The fourth-order valence-corrected chi connectivity index (χ4v) is 2.81. The fourth-order valence-electron chi connectivity index (χ4n) is 2.02. The number of anilines is 1. The highest BCUT2D eigenvalue weighted by Gasteiger charge is 2.15. The van der Waals surface area contributed by atoms with Crippen LogP contribution in [-0.2, 0) is 11.2 Å². The Labute approximate surface area is 130 Å². The number of thiophene rings is 1. The second-order valence-corrected chi connectivity index (χ2v) is 6.46. The second-order valence-electron chi connectivity index (χ2n) is 5.48. The Balaban J connectivity index is 1.92. The Morgan fingerprint density at radius 3 is 2.52 bits per heavy atom. The van der Waals surface area contributed by atoms with Gasteiger partial charge < -0.3 is 10.2 Å². The zero-order valence-corrected chi connectivity index (χ0v) is 13.6. The fraction of sp³-hybridized carbons (Fsp3) is 0.353. The molecule has 1 unspecified atom stereocenters. The summed E-state index contributed by atoms with van der Waals surface area (Å²) in [6.07, 6.45) is 1.02. The van der Waals surface area contributed by atoms with Gasteiger partial charge in [-0.05, 0) is 56.6 Å². The van der Waals surface area contributed by atoms with Crippen molar-refractivity contribution >= 4 is 22.9 Å². The molecule has 0 aliphatic carbocycles. The quantitative estimate of drug-likeness (QED) is 0.884. The number of hydrogen-bond donors (Lipinski definition) is 1. The summed E-state index contributed by atoms with van der Waals surface area (Å²) in [5.74, 6) is -0.0723. The third-order valence-corrected chi connectivity index (χ3v) is 4.49. The average Bonchev–Trinajstić information content (AvgIpc) is 2.99. The van der Waals surface area contributed by atoms with E-state index in [1.807, 2.05) is 36.6 Å². The van der Waals surface area contributed by atoms with Crippen molar-refractivity contribution in [1.82, 2.24) is 4.90 Å². The monoisotopic (exact) mass is 302 g/mol. The van der Waals surface area contributed by atoms with Gasteiger partial charge in [-0.1, -0.05) is 18.2 Å². The number of rotatable bonds is 6. The SMILES string of the molecule is CC(C(=O)Nc1ccc(CCN(C)C)cc1)c1cccs1. The minimum atomic E-state index is -0.113. The summed E-state index contributed by atoms with van der Waals surface area (Å²) in [5, 5.41) is 4.98. The number of likely N-dealkylation sites (N-methyl/N-ethyl adjacent to an activating group) is 1. The van der Waals surface area contributed by atoms with Crippen molar-refractivity contribution in [1.29, 1.82) is 0 Å². The number of carbonyl (C=O) groups excluding carboxylic acids is 1. The zero-order chi connectivity index (χ0) is 15.2. The highest BCUT2D eigenvalue weighted by Crippen LogP contribution is 2.22.